The van der Waals surface area contributed by atoms with Crippen LogP contribution in [0.5, 0.6) is 0 Å². The highest BCUT2D eigenvalue weighted by molar-refractivity contribution is 6.97. The summed E-state index contributed by atoms with van der Waals surface area (Å²) >= 11 is 0. The van der Waals surface area contributed by atoms with Gasteiger partial charge in [-0.05, 0) is 137 Å². The Morgan fingerprint density at radius 2 is 0.587 bits per heavy atom. The molecule has 0 unspecified atom stereocenters. The minimum Gasteiger partial charge on any atom is -0.311 e. The maximum absolute atomic E-state index is 2.48. The second-order valence-electron chi connectivity index (χ2n) is 17.0. The van der Waals surface area contributed by atoms with Crippen molar-refractivity contribution in [2.75, 3.05) is 9.80 Å². The third-order valence-electron chi connectivity index (χ3n) is 12.4. The molecule has 0 spiro atoms. The van der Waals surface area contributed by atoms with Gasteiger partial charge in [-0.25, -0.2) is 0 Å². The molecule has 0 N–H and O–H groups in total. The molecule has 9 aromatic carbocycles. The molecule has 0 amide bonds. The van der Waals surface area contributed by atoms with E-state index in [-0.39, 0.29) is 6.71 Å². The number of benzene rings is 9. The fraction of sp³-hybridized carbons (Fsp3) is 0.100. The average Bonchev–Trinajstić information content (AvgIpc) is 3.30. The van der Waals surface area contributed by atoms with Gasteiger partial charge >= 0.3 is 0 Å². The van der Waals surface area contributed by atoms with Crippen molar-refractivity contribution >= 4 is 57.2 Å². The van der Waals surface area contributed by atoms with E-state index in [0.717, 1.165) is 34.1 Å². The molecular weight excluding hydrogens is 759 g/mol. The van der Waals surface area contributed by atoms with Gasteiger partial charge in [-0.3, -0.25) is 0 Å². The summed E-state index contributed by atoms with van der Waals surface area (Å²) in [5, 5.41) is 0. The van der Waals surface area contributed by atoms with E-state index in [0.29, 0.717) is 0 Å². The molecule has 9 aromatic rings. The van der Waals surface area contributed by atoms with Crippen LogP contribution in [0.15, 0.2) is 212 Å². The van der Waals surface area contributed by atoms with Crippen LogP contribution in [0.2, 0.25) is 0 Å². The summed E-state index contributed by atoms with van der Waals surface area (Å²) in [5.74, 6) is 0. The van der Waals surface area contributed by atoms with E-state index >= 15 is 0 Å². The summed E-state index contributed by atoms with van der Waals surface area (Å²) in [6, 6.07) is 77.3. The van der Waals surface area contributed by atoms with Crippen molar-refractivity contribution in [3.63, 3.8) is 0 Å². The van der Waals surface area contributed by atoms with E-state index in [2.05, 4.69) is 264 Å². The first-order valence-electron chi connectivity index (χ1n) is 22.0. The van der Waals surface area contributed by atoms with Gasteiger partial charge in [0.1, 0.15) is 0 Å². The summed E-state index contributed by atoms with van der Waals surface area (Å²) in [4.78, 5) is 4.65. The number of para-hydroxylation sites is 4. The maximum atomic E-state index is 2.48. The highest BCUT2D eigenvalue weighted by Gasteiger charge is 2.31. The lowest BCUT2D eigenvalue weighted by Gasteiger charge is -2.28. The van der Waals surface area contributed by atoms with Crippen LogP contribution in [0.25, 0.3) is 22.3 Å². The molecular formula is C60H53BN2. The van der Waals surface area contributed by atoms with Crippen LogP contribution in [-0.2, 0) is 0 Å². The van der Waals surface area contributed by atoms with Gasteiger partial charge < -0.3 is 9.80 Å². The normalized spacial score (nSPS) is 11.0. The standard InChI is InChI=1S/C60H53BN2/c1-42-37-44(3)59(45(4)38-42)61(60-46(5)39-43(2)40-47(60)6)58-41-50(48-27-32-55(33-28-48)62(51-19-11-7-12-20-51)52-21-13-8-14-22-52)31-36-57(58)49-29-34-56(35-30-49)63(53-23-15-9-16-24-53)54-25-17-10-18-26-54/h7-41H,1-6H3. The van der Waals surface area contributed by atoms with Crippen molar-refractivity contribution in [1.82, 2.24) is 0 Å². The second kappa shape index (κ2) is 17.9. The summed E-state index contributed by atoms with van der Waals surface area (Å²) in [6.45, 7) is 13.6. The summed E-state index contributed by atoms with van der Waals surface area (Å²) in [5.41, 5.74) is 23.4. The summed E-state index contributed by atoms with van der Waals surface area (Å²) < 4.78 is 0. The van der Waals surface area contributed by atoms with Gasteiger partial charge in [-0.1, -0.05) is 189 Å². The Morgan fingerprint density at radius 3 is 0.937 bits per heavy atom. The minimum absolute atomic E-state index is 0.00288. The average molecular weight is 813 g/mol. The van der Waals surface area contributed by atoms with Crippen LogP contribution >= 0.6 is 0 Å². The highest BCUT2D eigenvalue weighted by Crippen LogP contribution is 2.37. The third-order valence-corrected chi connectivity index (χ3v) is 12.4. The van der Waals surface area contributed by atoms with Crippen molar-refractivity contribution in [3.05, 3.63) is 246 Å². The number of rotatable bonds is 11. The quantitative estimate of drug-likeness (QED) is 0.120. The van der Waals surface area contributed by atoms with Gasteiger partial charge in [0.25, 0.3) is 0 Å². The second-order valence-corrected chi connectivity index (χ2v) is 17.0. The van der Waals surface area contributed by atoms with Crippen LogP contribution in [0.1, 0.15) is 33.4 Å². The molecule has 0 aliphatic heterocycles. The lowest BCUT2D eigenvalue weighted by Crippen LogP contribution is -2.56. The molecule has 0 atom stereocenters. The van der Waals surface area contributed by atoms with Gasteiger partial charge in [-0.2, -0.15) is 0 Å². The fourth-order valence-corrected chi connectivity index (χ4v) is 9.79. The van der Waals surface area contributed by atoms with Crippen molar-refractivity contribution in [2.45, 2.75) is 41.5 Å². The first-order valence-corrected chi connectivity index (χ1v) is 22.0. The van der Waals surface area contributed by atoms with Crippen molar-refractivity contribution in [2.24, 2.45) is 0 Å². The maximum Gasteiger partial charge on any atom is 0.243 e. The molecule has 0 fully saturated rings. The van der Waals surface area contributed by atoms with Crippen LogP contribution in [-0.4, -0.2) is 6.71 Å². The Morgan fingerprint density at radius 1 is 0.286 bits per heavy atom. The Balaban J connectivity index is 1.22. The molecule has 63 heavy (non-hydrogen) atoms. The van der Waals surface area contributed by atoms with Gasteiger partial charge in [0.15, 0.2) is 0 Å². The van der Waals surface area contributed by atoms with E-state index < -0.39 is 0 Å². The Kier molecular flexibility index (Phi) is 11.7. The molecule has 0 heterocycles. The molecule has 0 radical (unpaired) electrons. The number of aryl methyl sites for hydroxylation is 6. The molecule has 9 rings (SSSR count). The number of nitrogens with zero attached hydrogens (tertiary/aromatic N) is 2. The molecule has 0 aromatic heterocycles. The monoisotopic (exact) mass is 812 g/mol. The Hall–Kier alpha value is -7.36. The molecule has 0 aliphatic rings. The predicted molar refractivity (Wildman–Crippen MR) is 273 cm³/mol. The zero-order valence-electron chi connectivity index (χ0n) is 37.2. The minimum atomic E-state index is -0.00288. The van der Waals surface area contributed by atoms with Crippen molar-refractivity contribution < 1.29 is 0 Å². The molecule has 3 heteroatoms. The Bertz CT molecular complexity index is 2800. The van der Waals surface area contributed by atoms with Crippen molar-refractivity contribution in [3.8, 4) is 22.3 Å². The lowest BCUT2D eigenvalue weighted by atomic mass is 9.33. The first kappa shape index (κ1) is 41.0. The largest absolute Gasteiger partial charge is 0.311 e. The Labute approximate surface area is 374 Å². The van der Waals surface area contributed by atoms with Gasteiger partial charge in [-0.15, -0.1) is 0 Å². The zero-order valence-corrected chi connectivity index (χ0v) is 37.2. The molecule has 0 saturated heterocycles. The van der Waals surface area contributed by atoms with E-state index in [9.17, 15) is 0 Å². The fourth-order valence-electron chi connectivity index (χ4n) is 9.79. The number of anilines is 6. The smallest absolute Gasteiger partial charge is 0.243 e. The van der Waals surface area contributed by atoms with Gasteiger partial charge in [0.05, 0.1) is 0 Å². The summed E-state index contributed by atoms with van der Waals surface area (Å²) in [6.07, 6.45) is 0. The molecule has 2 nitrogen and oxygen atoms in total. The third kappa shape index (κ3) is 8.48. The molecule has 306 valence electrons. The number of hydrogen-bond donors (Lipinski definition) is 0. The molecule has 0 bridgehead atoms. The SMILES string of the molecule is Cc1cc(C)c(B(c2cc(-c3ccc(N(c4ccccc4)c4ccccc4)cc3)ccc2-c2ccc(N(c3ccccc3)c3ccccc3)cc2)c2c(C)cc(C)cc2C)c(C)c1. The highest BCUT2D eigenvalue weighted by atomic mass is 15.1. The van der Waals surface area contributed by atoms with Crippen LogP contribution in [0.4, 0.5) is 34.1 Å². The summed E-state index contributed by atoms with van der Waals surface area (Å²) in [7, 11) is 0. The van der Waals surface area contributed by atoms with Crippen molar-refractivity contribution in [1.29, 1.82) is 0 Å². The van der Waals surface area contributed by atoms with Crippen LogP contribution in [0, 0.1) is 41.5 Å². The topological polar surface area (TPSA) is 6.48 Å². The van der Waals surface area contributed by atoms with E-state index in [1.807, 2.05) is 0 Å². The predicted octanol–water partition coefficient (Wildman–Crippen LogP) is 14.3. The first-order chi connectivity index (χ1) is 30.7. The lowest BCUT2D eigenvalue weighted by molar-refractivity contribution is 1.28. The molecule has 0 aliphatic carbocycles. The van der Waals surface area contributed by atoms with E-state index in [1.54, 1.807) is 0 Å². The van der Waals surface area contributed by atoms with Crippen LogP contribution < -0.4 is 26.2 Å². The van der Waals surface area contributed by atoms with E-state index in [1.165, 1.54) is 72.0 Å². The van der Waals surface area contributed by atoms with Gasteiger partial charge in [0.2, 0.25) is 6.71 Å². The van der Waals surface area contributed by atoms with E-state index in [4.69, 9.17) is 0 Å². The zero-order chi connectivity index (χ0) is 43.5. The van der Waals surface area contributed by atoms with Crippen LogP contribution in [0.3, 0.4) is 0 Å². The molecule has 0 saturated carbocycles. The van der Waals surface area contributed by atoms with Gasteiger partial charge in [0, 0.05) is 34.1 Å². The number of hydrogen-bond acceptors (Lipinski definition) is 2.